The lowest BCUT2D eigenvalue weighted by molar-refractivity contribution is -0.138. The van der Waals surface area contributed by atoms with Gasteiger partial charge in [0.2, 0.25) is 0 Å². The summed E-state index contributed by atoms with van der Waals surface area (Å²) in [6.07, 6.45) is -1.52. The number of hydrogen-bond acceptors (Lipinski definition) is 7. The Morgan fingerprint density at radius 2 is 1.77 bits per heavy atom. The first-order chi connectivity index (χ1) is 20.1. The molecule has 236 valence electrons. The van der Waals surface area contributed by atoms with Crippen LogP contribution in [0.15, 0.2) is 18.2 Å². The van der Waals surface area contributed by atoms with E-state index >= 15 is 0 Å². The Morgan fingerprint density at radius 1 is 1.14 bits per heavy atom. The Kier molecular flexibility index (Phi) is 10.1. The Bertz CT molecular complexity index is 1250. The number of carboxylic acid groups (broad SMARTS) is 1. The summed E-state index contributed by atoms with van der Waals surface area (Å²) in [5.74, 6) is -1.19. The van der Waals surface area contributed by atoms with Crippen LogP contribution in [0, 0.1) is 11.3 Å². The molecule has 9 nitrogen and oxygen atoms in total. The van der Waals surface area contributed by atoms with Gasteiger partial charge in [0.05, 0.1) is 42.0 Å². The predicted octanol–water partition coefficient (Wildman–Crippen LogP) is 4.49. The first-order valence-corrected chi connectivity index (χ1v) is 15.2. The lowest BCUT2D eigenvalue weighted by Crippen LogP contribution is -2.57. The number of aliphatic carboxylic acids is 1. The van der Waals surface area contributed by atoms with Crippen molar-refractivity contribution in [1.82, 2.24) is 14.7 Å². The van der Waals surface area contributed by atoms with Gasteiger partial charge >= 0.3 is 12.1 Å². The van der Waals surface area contributed by atoms with E-state index in [0.29, 0.717) is 13.2 Å². The molecule has 1 saturated carbocycles. The highest BCUT2D eigenvalue weighted by Gasteiger charge is 2.52. The van der Waals surface area contributed by atoms with Gasteiger partial charge in [0, 0.05) is 44.3 Å². The van der Waals surface area contributed by atoms with E-state index in [9.17, 15) is 22.8 Å². The van der Waals surface area contributed by atoms with Crippen LogP contribution in [-0.4, -0.2) is 99.3 Å². The van der Waals surface area contributed by atoms with Crippen molar-refractivity contribution in [1.29, 1.82) is 5.26 Å². The van der Waals surface area contributed by atoms with Crippen molar-refractivity contribution in [3.63, 3.8) is 0 Å². The first kappa shape index (κ1) is 33.1. The number of anilines is 1. The molecule has 1 N–H and O–H groups in total. The highest BCUT2D eigenvalue weighted by molar-refractivity contribution is 7.80. The second kappa shape index (κ2) is 13.1. The van der Waals surface area contributed by atoms with Crippen molar-refractivity contribution in [3.8, 4) is 6.07 Å². The Morgan fingerprint density at radius 3 is 2.33 bits per heavy atom. The number of alkyl halides is 3. The van der Waals surface area contributed by atoms with Crippen LogP contribution < -0.4 is 4.90 Å². The Hall–Kier alpha value is -2.79. The van der Waals surface area contributed by atoms with Gasteiger partial charge in [-0.25, -0.2) is 0 Å². The van der Waals surface area contributed by atoms with Crippen LogP contribution in [0.25, 0.3) is 0 Å². The van der Waals surface area contributed by atoms with E-state index in [4.69, 9.17) is 27.3 Å². The average Bonchev–Trinajstić information content (AvgIpc) is 3.10. The fourth-order valence-electron chi connectivity index (χ4n) is 6.79. The van der Waals surface area contributed by atoms with Gasteiger partial charge in [-0.2, -0.15) is 18.4 Å². The lowest BCUT2D eigenvalue weighted by Gasteiger charge is -2.44. The fraction of sp³-hybridized carbons (Fsp3) is 0.667. The monoisotopic (exact) mass is 623 g/mol. The third-order valence-corrected chi connectivity index (χ3v) is 9.32. The van der Waals surface area contributed by atoms with Crippen molar-refractivity contribution >= 4 is 34.9 Å². The number of halogens is 3. The van der Waals surface area contributed by atoms with E-state index < -0.39 is 34.7 Å². The topological polar surface area (TPSA) is 100 Å². The van der Waals surface area contributed by atoms with Gasteiger partial charge in [-0.05, 0) is 83.8 Å². The van der Waals surface area contributed by atoms with E-state index in [-0.39, 0.29) is 41.5 Å². The molecule has 13 heteroatoms. The van der Waals surface area contributed by atoms with Crippen LogP contribution in [0.4, 0.5) is 18.9 Å². The minimum atomic E-state index is -4.74. The standard InChI is InChI=1S/C30H40F3N5O4S/c1-19-17-35(18-20(2)36(19)12-11-26(39)40)13-14-42-24-9-7-22(8-10-24)38-28(43)37(27(41)29(38,3)4)23-6-5-21(16-34)25(15-23)30(31,32)33/h5-6,15,19-20,22,24H,7-14,17-18H2,1-4H3,(H,39,40)/t19-,20+,22-,24-. The molecule has 43 heavy (non-hydrogen) atoms. The van der Waals surface area contributed by atoms with Gasteiger partial charge in [0.15, 0.2) is 5.11 Å². The summed E-state index contributed by atoms with van der Waals surface area (Å²) >= 11 is 5.69. The van der Waals surface area contributed by atoms with E-state index in [1.807, 2.05) is 4.90 Å². The maximum Gasteiger partial charge on any atom is 0.417 e. The molecule has 1 aromatic rings. The summed E-state index contributed by atoms with van der Waals surface area (Å²) in [7, 11) is 0. The van der Waals surface area contributed by atoms with E-state index in [1.165, 1.54) is 6.07 Å². The molecule has 2 heterocycles. The van der Waals surface area contributed by atoms with E-state index in [0.717, 1.165) is 62.4 Å². The quantitative estimate of drug-likeness (QED) is 0.399. The van der Waals surface area contributed by atoms with Crippen LogP contribution >= 0.6 is 12.2 Å². The second-order valence-corrected chi connectivity index (χ2v) is 12.7. The van der Waals surface area contributed by atoms with Gasteiger partial charge in [-0.15, -0.1) is 0 Å². The van der Waals surface area contributed by atoms with Crippen LogP contribution in [0.2, 0.25) is 0 Å². The molecule has 4 rings (SSSR count). The number of benzene rings is 1. The zero-order valence-electron chi connectivity index (χ0n) is 25.1. The summed E-state index contributed by atoms with van der Waals surface area (Å²) in [6.45, 7) is 11.4. The number of carbonyl (C=O) groups is 2. The smallest absolute Gasteiger partial charge is 0.417 e. The number of carboxylic acids is 1. The molecule has 0 bridgehead atoms. The number of piperazine rings is 1. The molecule has 3 aliphatic rings. The zero-order valence-corrected chi connectivity index (χ0v) is 25.9. The molecule has 0 unspecified atom stereocenters. The molecule has 2 atom stereocenters. The number of nitrogens with zero attached hydrogens (tertiary/aromatic N) is 5. The van der Waals surface area contributed by atoms with Gasteiger partial charge in [-0.1, -0.05) is 0 Å². The number of amides is 1. The van der Waals surface area contributed by atoms with Crippen molar-refractivity contribution in [2.45, 2.75) is 95.7 Å². The number of nitriles is 1. The van der Waals surface area contributed by atoms with Crippen molar-refractivity contribution in [3.05, 3.63) is 29.3 Å². The number of hydrogen-bond donors (Lipinski definition) is 1. The number of thiocarbonyl (C=S) groups is 1. The molecule has 0 spiro atoms. The maximum atomic E-state index is 13.6. The minimum absolute atomic E-state index is 0.000255. The Labute approximate surface area is 256 Å². The van der Waals surface area contributed by atoms with Crippen LogP contribution in [0.5, 0.6) is 0 Å². The number of ether oxygens (including phenoxy) is 1. The highest BCUT2D eigenvalue weighted by atomic mass is 32.1. The summed E-state index contributed by atoms with van der Waals surface area (Å²) in [6, 6.07) is 5.27. The molecule has 3 fully saturated rings. The molecule has 2 aliphatic heterocycles. The minimum Gasteiger partial charge on any atom is -0.481 e. The van der Waals surface area contributed by atoms with Crippen LogP contribution in [-0.2, 0) is 20.5 Å². The molecular weight excluding hydrogens is 583 g/mol. The maximum absolute atomic E-state index is 13.6. The SMILES string of the molecule is C[C@@H]1CN(CCO[C@H]2CC[C@H](N3C(=S)N(c4ccc(C#N)c(C(F)(F)F)c4)C(=O)C3(C)C)CC2)C[C@H](C)N1CCC(=O)O. The first-order valence-electron chi connectivity index (χ1n) is 14.8. The molecule has 1 aromatic carbocycles. The molecule has 2 saturated heterocycles. The summed E-state index contributed by atoms with van der Waals surface area (Å²) < 4.78 is 47.1. The zero-order chi connectivity index (χ0) is 31.7. The van der Waals surface area contributed by atoms with Gasteiger partial charge in [0.25, 0.3) is 5.91 Å². The van der Waals surface area contributed by atoms with Crippen molar-refractivity contribution < 1.29 is 32.6 Å². The van der Waals surface area contributed by atoms with Gasteiger partial charge < -0.3 is 14.7 Å². The highest BCUT2D eigenvalue weighted by Crippen LogP contribution is 2.40. The third-order valence-electron chi connectivity index (χ3n) is 8.94. The lowest BCUT2D eigenvalue weighted by atomic mass is 9.89. The van der Waals surface area contributed by atoms with Gasteiger partial charge in [-0.3, -0.25) is 24.3 Å². The molecule has 1 aliphatic carbocycles. The van der Waals surface area contributed by atoms with Crippen LogP contribution in [0.1, 0.15) is 70.9 Å². The van der Waals surface area contributed by atoms with Crippen molar-refractivity contribution in [2.75, 3.05) is 37.7 Å². The summed E-state index contributed by atoms with van der Waals surface area (Å²) in [4.78, 5) is 32.1. The van der Waals surface area contributed by atoms with Crippen LogP contribution in [0.3, 0.4) is 0 Å². The molecule has 0 aromatic heterocycles. The summed E-state index contributed by atoms with van der Waals surface area (Å²) in [5.41, 5.74) is -2.64. The Balaban J connectivity index is 1.32. The number of carbonyl (C=O) groups excluding carboxylic acids is 1. The average molecular weight is 624 g/mol. The van der Waals surface area contributed by atoms with E-state index in [2.05, 4.69) is 23.6 Å². The molecular formula is C30H40F3N5O4S. The predicted molar refractivity (Wildman–Crippen MR) is 158 cm³/mol. The normalized spacial score (nSPS) is 27.0. The fourth-order valence-corrected chi connectivity index (χ4v) is 7.35. The number of rotatable bonds is 9. The second-order valence-electron chi connectivity index (χ2n) is 12.3. The molecule has 0 radical (unpaired) electrons. The van der Waals surface area contributed by atoms with E-state index in [1.54, 1.807) is 19.9 Å². The van der Waals surface area contributed by atoms with Gasteiger partial charge in [0.1, 0.15) is 5.54 Å². The third kappa shape index (κ3) is 7.14. The summed E-state index contributed by atoms with van der Waals surface area (Å²) in [5, 5.41) is 18.3. The molecule has 1 amide bonds. The largest absolute Gasteiger partial charge is 0.481 e. The van der Waals surface area contributed by atoms with Crippen molar-refractivity contribution in [2.24, 2.45) is 0 Å².